The number of hydrogen-bond donors (Lipinski definition) is 2. The van der Waals surface area contributed by atoms with Gasteiger partial charge in [0.05, 0.1) is 0 Å². The molecule has 3 heteroatoms. The molecule has 2 heterocycles. The van der Waals surface area contributed by atoms with Gasteiger partial charge in [-0.05, 0) is 41.3 Å². The molecule has 1 aromatic carbocycles. The average molecular weight is 300 g/mol. The zero-order chi connectivity index (χ0) is 14.7. The number of para-hydroxylation sites is 1. The predicted octanol–water partition coefficient (Wildman–Crippen LogP) is 4.59. The van der Waals surface area contributed by atoms with Gasteiger partial charge in [-0.1, -0.05) is 38.1 Å². The fraction of sp³-hybridized carbons (Fsp3) is 0.444. The van der Waals surface area contributed by atoms with Crippen molar-refractivity contribution < 1.29 is 0 Å². The van der Waals surface area contributed by atoms with E-state index in [0.29, 0.717) is 12.0 Å². The molecule has 112 valence electrons. The molecule has 2 nitrogen and oxygen atoms in total. The molecule has 3 rings (SSSR count). The molecule has 1 aliphatic rings. The predicted molar refractivity (Wildman–Crippen MR) is 92.0 cm³/mol. The van der Waals surface area contributed by atoms with E-state index in [4.69, 9.17) is 0 Å². The van der Waals surface area contributed by atoms with Crippen LogP contribution in [-0.2, 0) is 13.0 Å². The van der Waals surface area contributed by atoms with Gasteiger partial charge in [0.15, 0.2) is 0 Å². The molecule has 1 aliphatic heterocycles. The first kappa shape index (κ1) is 14.6. The second-order valence-electron chi connectivity index (χ2n) is 6.10. The highest BCUT2D eigenvalue weighted by atomic mass is 32.1. The lowest BCUT2D eigenvalue weighted by atomic mass is 9.98. The standard InChI is InChI=1S/C18H24N2S/c1-13(2)17(16-9-5-11-21-16)20-12-15-7-3-6-14-8-4-10-19-18(14)15/h3,5-7,9,11,13,17,19-20H,4,8,10,12H2,1-2H3. The van der Waals surface area contributed by atoms with Crippen molar-refractivity contribution in [1.82, 2.24) is 5.32 Å². The Morgan fingerprint density at radius 3 is 2.90 bits per heavy atom. The van der Waals surface area contributed by atoms with E-state index in [0.717, 1.165) is 13.1 Å². The van der Waals surface area contributed by atoms with E-state index < -0.39 is 0 Å². The summed E-state index contributed by atoms with van der Waals surface area (Å²) in [5.41, 5.74) is 4.23. The summed E-state index contributed by atoms with van der Waals surface area (Å²) in [6.07, 6.45) is 2.45. The second-order valence-corrected chi connectivity index (χ2v) is 7.08. The van der Waals surface area contributed by atoms with Crippen molar-refractivity contribution in [3.8, 4) is 0 Å². The minimum absolute atomic E-state index is 0.435. The average Bonchev–Trinajstić information content (AvgIpc) is 3.01. The maximum atomic E-state index is 3.76. The summed E-state index contributed by atoms with van der Waals surface area (Å²) >= 11 is 1.85. The van der Waals surface area contributed by atoms with Gasteiger partial charge in [0.1, 0.15) is 0 Å². The van der Waals surface area contributed by atoms with Crippen molar-refractivity contribution in [2.24, 2.45) is 5.92 Å². The summed E-state index contributed by atoms with van der Waals surface area (Å²) in [6.45, 7) is 6.60. The smallest absolute Gasteiger partial charge is 0.0440 e. The van der Waals surface area contributed by atoms with Crippen molar-refractivity contribution in [1.29, 1.82) is 0 Å². The van der Waals surface area contributed by atoms with Gasteiger partial charge >= 0.3 is 0 Å². The van der Waals surface area contributed by atoms with Crippen LogP contribution in [0, 0.1) is 5.92 Å². The molecule has 0 saturated carbocycles. The summed E-state index contributed by atoms with van der Waals surface area (Å²) in [7, 11) is 0. The number of hydrogen-bond acceptors (Lipinski definition) is 3. The number of thiophene rings is 1. The second kappa shape index (κ2) is 6.63. The van der Waals surface area contributed by atoms with Gasteiger partial charge in [0.2, 0.25) is 0 Å². The van der Waals surface area contributed by atoms with E-state index in [1.807, 2.05) is 11.3 Å². The van der Waals surface area contributed by atoms with Crippen LogP contribution in [0.1, 0.15) is 42.3 Å². The highest BCUT2D eigenvalue weighted by Gasteiger charge is 2.18. The van der Waals surface area contributed by atoms with Crippen LogP contribution >= 0.6 is 11.3 Å². The van der Waals surface area contributed by atoms with E-state index in [9.17, 15) is 0 Å². The number of fused-ring (bicyclic) bond motifs is 1. The monoisotopic (exact) mass is 300 g/mol. The Labute approximate surface area is 131 Å². The number of rotatable bonds is 5. The van der Waals surface area contributed by atoms with Gasteiger partial charge in [-0.3, -0.25) is 0 Å². The Balaban J connectivity index is 1.75. The van der Waals surface area contributed by atoms with Crippen molar-refractivity contribution >= 4 is 17.0 Å². The van der Waals surface area contributed by atoms with Crippen LogP contribution in [0.2, 0.25) is 0 Å². The first-order valence-corrected chi connectivity index (χ1v) is 8.75. The van der Waals surface area contributed by atoms with Gasteiger partial charge in [-0.25, -0.2) is 0 Å². The van der Waals surface area contributed by atoms with Crippen LogP contribution in [0.5, 0.6) is 0 Å². The van der Waals surface area contributed by atoms with Crippen molar-refractivity contribution in [2.75, 3.05) is 11.9 Å². The molecule has 0 aliphatic carbocycles. The fourth-order valence-electron chi connectivity index (χ4n) is 3.08. The van der Waals surface area contributed by atoms with Crippen molar-refractivity contribution in [3.63, 3.8) is 0 Å². The summed E-state index contributed by atoms with van der Waals surface area (Å²) in [6, 6.07) is 11.5. The zero-order valence-electron chi connectivity index (χ0n) is 12.9. The number of benzene rings is 1. The molecule has 1 unspecified atom stereocenters. The lowest BCUT2D eigenvalue weighted by Gasteiger charge is -2.25. The number of aryl methyl sites for hydroxylation is 1. The van der Waals surface area contributed by atoms with Crippen molar-refractivity contribution in [2.45, 2.75) is 39.3 Å². The molecule has 0 spiro atoms. The van der Waals surface area contributed by atoms with E-state index >= 15 is 0 Å². The largest absolute Gasteiger partial charge is 0.385 e. The van der Waals surface area contributed by atoms with Crippen LogP contribution in [0.25, 0.3) is 0 Å². The highest BCUT2D eigenvalue weighted by Crippen LogP contribution is 2.29. The Morgan fingerprint density at radius 2 is 2.14 bits per heavy atom. The molecule has 1 aromatic heterocycles. The van der Waals surface area contributed by atoms with Gasteiger partial charge in [0.25, 0.3) is 0 Å². The topological polar surface area (TPSA) is 24.1 Å². The Hall–Kier alpha value is -1.32. The molecule has 0 saturated heterocycles. The van der Waals surface area contributed by atoms with E-state index in [-0.39, 0.29) is 0 Å². The molecule has 0 amide bonds. The number of anilines is 1. The normalized spacial score (nSPS) is 15.6. The zero-order valence-corrected chi connectivity index (χ0v) is 13.7. The molecule has 0 fully saturated rings. The summed E-state index contributed by atoms with van der Waals surface area (Å²) in [5.74, 6) is 0.594. The maximum absolute atomic E-state index is 3.76. The van der Waals surface area contributed by atoms with E-state index in [2.05, 4.69) is 60.2 Å². The number of nitrogens with one attached hydrogen (secondary N) is 2. The molecular weight excluding hydrogens is 276 g/mol. The molecule has 2 N–H and O–H groups in total. The van der Waals surface area contributed by atoms with Crippen LogP contribution < -0.4 is 10.6 Å². The Bertz CT molecular complexity index is 575. The third kappa shape index (κ3) is 3.30. The molecule has 2 aromatic rings. The SMILES string of the molecule is CC(C)C(NCc1cccc2c1NCCC2)c1cccs1. The first-order chi connectivity index (χ1) is 10.3. The third-order valence-corrected chi connectivity index (χ3v) is 5.15. The van der Waals surface area contributed by atoms with Crippen LogP contribution in [0.4, 0.5) is 5.69 Å². The lowest BCUT2D eigenvalue weighted by Crippen LogP contribution is -2.25. The molecular formula is C18H24N2S. The van der Waals surface area contributed by atoms with Gasteiger partial charge < -0.3 is 10.6 Å². The van der Waals surface area contributed by atoms with Crippen LogP contribution in [0.3, 0.4) is 0 Å². The quantitative estimate of drug-likeness (QED) is 0.843. The van der Waals surface area contributed by atoms with Gasteiger partial charge in [-0.2, -0.15) is 0 Å². The lowest BCUT2D eigenvalue weighted by molar-refractivity contribution is 0.416. The van der Waals surface area contributed by atoms with E-state index in [1.54, 1.807) is 0 Å². The maximum Gasteiger partial charge on any atom is 0.0440 e. The Kier molecular flexibility index (Phi) is 4.61. The first-order valence-electron chi connectivity index (χ1n) is 7.87. The minimum atomic E-state index is 0.435. The fourth-order valence-corrected chi connectivity index (χ4v) is 4.05. The van der Waals surface area contributed by atoms with Crippen LogP contribution in [-0.4, -0.2) is 6.54 Å². The van der Waals surface area contributed by atoms with Crippen LogP contribution in [0.15, 0.2) is 35.7 Å². The molecule has 1 atom stereocenters. The molecule has 0 bridgehead atoms. The van der Waals surface area contributed by atoms with E-state index in [1.165, 1.54) is 34.5 Å². The van der Waals surface area contributed by atoms with Gasteiger partial charge in [0, 0.05) is 29.7 Å². The van der Waals surface area contributed by atoms with Crippen molar-refractivity contribution in [3.05, 3.63) is 51.7 Å². The molecule has 0 radical (unpaired) electrons. The Morgan fingerprint density at radius 1 is 1.24 bits per heavy atom. The third-order valence-electron chi connectivity index (χ3n) is 4.19. The summed E-state index contributed by atoms with van der Waals surface area (Å²) < 4.78 is 0. The van der Waals surface area contributed by atoms with Gasteiger partial charge in [-0.15, -0.1) is 11.3 Å². The highest BCUT2D eigenvalue weighted by molar-refractivity contribution is 7.10. The summed E-state index contributed by atoms with van der Waals surface area (Å²) in [4.78, 5) is 1.43. The molecule has 21 heavy (non-hydrogen) atoms. The minimum Gasteiger partial charge on any atom is -0.385 e. The summed E-state index contributed by atoms with van der Waals surface area (Å²) in [5, 5.41) is 9.50.